The lowest BCUT2D eigenvalue weighted by Gasteiger charge is -2.31. The smallest absolute Gasteiger partial charge is 0.227 e. The Balaban J connectivity index is 1.55. The van der Waals surface area contributed by atoms with Crippen LogP contribution in [0.3, 0.4) is 0 Å². The van der Waals surface area contributed by atoms with Gasteiger partial charge >= 0.3 is 0 Å². The molecule has 2 aromatic rings. The quantitative estimate of drug-likeness (QED) is 0.869. The summed E-state index contributed by atoms with van der Waals surface area (Å²) >= 11 is 1.58. The second-order valence-corrected chi connectivity index (χ2v) is 7.50. The monoisotopic (exact) mass is 345 g/mol. The highest BCUT2D eigenvalue weighted by atomic mass is 32.2. The Morgan fingerprint density at radius 3 is 2.62 bits per heavy atom. The van der Waals surface area contributed by atoms with E-state index in [9.17, 15) is 9.90 Å². The van der Waals surface area contributed by atoms with E-state index in [-0.39, 0.29) is 12.3 Å². The van der Waals surface area contributed by atoms with E-state index in [4.69, 9.17) is 0 Å². The highest BCUT2D eigenvalue weighted by molar-refractivity contribution is 7.99. The van der Waals surface area contributed by atoms with Gasteiger partial charge in [0.25, 0.3) is 0 Å². The Labute approximate surface area is 146 Å². The molecule has 1 amide bonds. The van der Waals surface area contributed by atoms with Gasteiger partial charge in [0, 0.05) is 30.0 Å². The number of hydrogen-bond acceptors (Lipinski definition) is 4. The molecule has 5 nitrogen and oxygen atoms in total. The summed E-state index contributed by atoms with van der Waals surface area (Å²) in [7, 11) is 1.96. The van der Waals surface area contributed by atoms with Crippen LogP contribution in [0.25, 0.3) is 0 Å². The van der Waals surface area contributed by atoms with E-state index in [2.05, 4.69) is 10.3 Å². The van der Waals surface area contributed by atoms with Crippen molar-refractivity contribution >= 4 is 23.4 Å². The number of imidazole rings is 1. The summed E-state index contributed by atoms with van der Waals surface area (Å²) in [6.07, 6.45) is 8.46. The summed E-state index contributed by atoms with van der Waals surface area (Å²) < 4.78 is 1.96. The van der Waals surface area contributed by atoms with Crippen molar-refractivity contribution < 1.29 is 9.90 Å². The molecule has 0 bridgehead atoms. The maximum absolute atomic E-state index is 12.2. The van der Waals surface area contributed by atoms with E-state index in [0.29, 0.717) is 0 Å². The van der Waals surface area contributed by atoms with Gasteiger partial charge in [-0.1, -0.05) is 31.0 Å². The second kappa shape index (κ2) is 7.40. The van der Waals surface area contributed by atoms with Gasteiger partial charge in [-0.2, -0.15) is 0 Å². The first-order valence-electron chi connectivity index (χ1n) is 8.32. The van der Waals surface area contributed by atoms with Crippen LogP contribution in [0.15, 0.2) is 46.7 Å². The lowest BCUT2D eigenvalue weighted by Crippen LogP contribution is -2.35. The van der Waals surface area contributed by atoms with Crippen molar-refractivity contribution in [2.75, 3.05) is 5.32 Å². The van der Waals surface area contributed by atoms with Crippen LogP contribution < -0.4 is 5.32 Å². The summed E-state index contributed by atoms with van der Waals surface area (Å²) in [5, 5.41) is 14.3. The minimum atomic E-state index is -0.823. The van der Waals surface area contributed by atoms with Gasteiger partial charge in [0.05, 0.1) is 12.0 Å². The van der Waals surface area contributed by atoms with E-state index < -0.39 is 5.60 Å². The maximum atomic E-state index is 12.2. The van der Waals surface area contributed by atoms with E-state index in [1.165, 1.54) is 0 Å². The number of carbonyl (C=O) groups excluding carboxylic acids is 1. The SMILES string of the molecule is Cn1ccnc1Sc1ccc(NC(=O)CC2(O)CCCCC2)cc1. The van der Waals surface area contributed by atoms with E-state index in [1.54, 1.807) is 18.0 Å². The number of hydrogen-bond donors (Lipinski definition) is 2. The predicted octanol–water partition coefficient (Wildman–Crippen LogP) is 3.60. The summed E-state index contributed by atoms with van der Waals surface area (Å²) in [6, 6.07) is 7.69. The molecule has 1 aliphatic carbocycles. The first-order chi connectivity index (χ1) is 11.5. The number of anilines is 1. The Kier molecular flexibility index (Phi) is 5.26. The molecule has 0 spiro atoms. The van der Waals surface area contributed by atoms with Gasteiger partial charge < -0.3 is 15.0 Å². The zero-order valence-corrected chi connectivity index (χ0v) is 14.7. The average Bonchev–Trinajstić information content (AvgIpc) is 2.94. The molecule has 1 fully saturated rings. The van der Waals surface area contributed by atoms with Crippen LogP contribution in [0.1, 0.15) is 38.5 Å². The van der Waals surface area contributed by atoms with Crippen molar-refractivity contribution in [3.05, 3.63) is 36.7 Å². The van der Waals surface area contributed by atoms with Crippen molar-refractivity contribution in [3.8, 4) is 0 Å². The molecule has 1 heterocycles. The zero-order valence-electron chi connectivity index (χ0n) is 13.9. The number of nitrogens with zero attached hydrogens (tertiary/aromatic N) is 2. The number of benzene rings is 1. The van der Waals surface area contributed by atoms with Crippen LogP contribution >= 0.6 is 11.8 Å². The van der Waals surface area contributed by atoms with Gasteiger partial charge in [-0.25, -0.2) is 4.98 Å². The van der Waals surface area contributed by atoms with Crippen LogP contribution in [0.2, 0.25) is 0 Å². The number of aliphatic hydroxyl groups is 1. The molecular formula is C18H23N3O2S. The highest BCUT2D eigenvalue weighted by Gasteiger charge is 2.31. The molecule has 6 heteroatoms. The van der Waals surface area contributed by atoms with Gasteiger partial charge in [0.2, 0.25) is 5.91 Å². The van der Waals surface area contributed by atoms with Crippen LogP contribution in [0.5, 0.6) is 0 Å². The van der Waals surface area contributed by atoms with E-state index in [1.807, 2.05) is 42.1 Å². The minimum Gasteiger partial charge on any atom is -0.389 e. The summed E-state index contributed by atoms with van der Waals surface area (Å²) in [5.41, 5.74) is -0.0698. The molecule has 24 heavy (non-hydrogen) atoms. The number of aromatic nitrogens is 2. The molecule has 3 rings (SSSR count). The van der Waals surface area contributed by atoms with Gasteiger partial charge in [0.15, 0.2) is 5.16 Å². The van der Waals surface area contributed by atoms with E-state index >= 15 is 0 Å². The number of aryl methyl sites for hydroxylation is 1. The Morgan fingerprint density at radius 1 is 1.29 bits per heavy atom. The van der Waals surface area contributed by atoms with Crippen molar-refractivity contribution in [1.29, 1.82) is 0 Å². The zero-order chi connectivity index (χ0) is 17.0. The fourth-order valence-electron chi connectivity index (χ4n) is 3.05. The predicted molar refractivity (Wildman–Crippen MR) is 95.1 cm³/mol. The summed E-state index contributed by atoms with van der Waals surface area (Å²) in [6.45, 7) is 0. The Morgan fingerprint density at radius 2 is 2.00 bits per heavy atom. The van der Waals surface area contributed by atoms with Crippen molar-refractivity contribution in [2.24, 2.45) is 7.05 Å². The molecule has 1 aromatic heterocycles. The number of carbonyl (C=O) groups is 1. The van der Waals surface area contributed by atoms with Crippen molar-refractivity contribution in [2.45, 2.75) is 54.2 Å². The average molecular weight is 345 g/mol. The molecule has 0 saturated heterocycles. The Hall–Kier alpha value is -1.79. The molecule has 0 atom stereocenters. The first-order valence-corrected chi connectivity index (χ1v) is 9.13. The lowest BCUT2D eigenvalue weighted by atomic mass is 9.82. The van der Waals surface area contributed by atoms with E-state index in [0.717, 1.165) is 47.8 Å². The topological polar surface area (TPSA) is 67.2 Å². The largest absolute Gasteiger partial charge is 0.389 e. The van der Waals surface area contributed by atoms with Crippen molar-refractivity contribution in [3.63, 3.8) is 0 Å². The number of amides is 1. The molecule has 0 aliphatic heterocycles. The second-order valence-electron chi connectivity index (χ2n) is 6.46. The minimum absolute atomic E-state index is 0.121. The highest BCUT2D eigenvalue weighted by Crippen LogP contribution is 2.31. The third kappa shape index (κ3) is 4.39. The summed E-state index contributed by atoms with van der Waals surface area (Å²) in [4.78, 5) is 17.5. The Bertz CT molecular complexity index is 691. The molecule has 0 unspecified atom stereocenters. The first kappa shape index (κ1) is 17.0. The lowest BCUT2D eigenvalue weighted by molar-refractivity contribution is -0.122. The third-order valence-corrected chi connectivity index (χ3v) is 5.48. The van der Waals surface area contributed by atoms with Crippen LogP contribution in [0, 0.1) is 0 Å². The van der Waals surface area contributed by atoms with Crippen LogP contribution in [0.4, 0.5) is 5.69 Å². The third-order valence-electron chi connectivity index (χ3n) is 4.40. The fourth-order valence-corrected chi connectivity index (χ4v) is 3.85. The molecular weight excluding hydrogens is 322 g/mol. The summed E-state index contributed by atoms with van der Waals surface area (Å²) in [5.74, 6) is -0.121. The van der Waals surface area contributed by atoms with Gasteiger partial charge in [-0.05, 0) is 37.1 Å². The number of nitrogens with one attached hydrogen (secondary N) is 1. The van der Waals surface area contributed by atoms with Gasteiger partial charge in [-0.3, -0.25) is 4.79 Å². The fraction of sp³-hybridized carbons (Fsp3) is 0.444. The van der Waals surface area contributed by atoms with Crippen LogP contribution in [-0.4, -0.2) is 26.2 Å². The molecule has 128 valence electrons. The van der Waals surface area contributed by atoms with Crippen LogP contribution in [-0.2, 0) is 11.8 Å². The molecule has 0 radical (unpaired) electrons. The standard InChI is InChI=1S/C18H23N3O2S/c1-21-12-11-19-17(21)24-15-7-5-14(6-8-15)20-16(22)13-18(23)9-3-2-4-10-18/h5-8,11-12,23H,2-4,9-10,13H2,1H3,(H,20,22). The van der Waals surface area contributed by atoms with Gasteiger partial charge in [-0.15, -0.1) is 0 Å². The number of rotatable bonds is 5. The molecule has 1 saturated carbocycles. The molecule has 2 N–H and O–H groups in total. The maximum Gasteiger partial charge on any atom is 0.227 e. The molecule has 1 aromatic carbocycles. The van der Waals surface area contributed by atoms with Gasteiger partial charge in [0.1, 0.15) is 0 Å². The normalized spacial score (nSPS) is 16.8. The van der Waals surface area contributed by atoms with Crippen molar-refractivity contribution in [1.82, 2.24) is 9.55 Å². The molecule has 1 aliphatic rings.